The highest BCUT2D eigenvalue weighted by atomic mass is 35.5. The number of halogens is 1. The monoisotopic (exact) mass is 556 g/mol. The summed E-state index contributed by atoms with van der Waals surface area (Å²) in [6, 6.07) is 26.3. The molecular formula is C30H25ClN4O3S. The van der Waals surface area contributed by atoms with Crippen molar-refractivity contribution in [2.24, 2.45) is 0 Å². The van der Waals surface area contributed by atoms with Gasteiger partial charge in [-0.1, -0.05) is 54.1 Å². The quantitative estimate of drug-likeness (QED) is 0.167. The zero-order valence-electron chi connectivity index (χ0n) is 20.9. The Balaban J connectivity index is 1.46. The molecule has 1 atom stereocenters. The number of benzene rings is 3. The van der Waals surface area contributed by atoms with Crippen LogP contribution in [0.5, 0.6) is 0 Å². The van der Waals surface area contributed by atoms with Crippen LogP contribution in [-0.4, -0.2) is 28.0 Å². The molecule has 196 valence electrons. The van der Waals surface area contributed by atoms with Crippen LogP contribution in [0.4, 0.5) is 11.4 Å². The summed E-state index contributed by atoms with van der Waals surface area (Å²) in [5.41, 5.74) is 2.18. The van der Waals surface area contributed by atoms with E-state index in [1.54, 1.807) is 104 Å². The molecule has 0 aliphatic heterocycles. The molecule has 0 saturated carbocycles. The van der Waals surface area contributed by atoms with Crippen LogP contribution in [-0.2, 0) is 9.59 Å². The highest BCUT2D eigenvalue weighted by Gasteiger charge is 2.18. The van der Waals surface area contributed by atoms with Gasteiger partial charge >= 0.3 is 0 Å². The van der Waals surface area contributed by atoms with E-state index in [1.165, 1.54) is 11.8 Å². The van der Waals surface area contributed by atoms with E-state index in [4.69, 9.17) is 11.6 Å². The number of nitrogens with one attached hydrogen (secondary N) is 3. The van der Waals surface area contributed by atoms with Gasteiger partial charge < -0.3 is 16.0 Å². The van der Waals surface area contributed by atoms with Crippen molar-refractivity contribution in [2.75, 3.05) is 10.6 Å². The van der Waals surface area contributed by atoms with E-state index in [0.717, 1.165) is 4.90 Å². The molecule has 4 aromatic rings. The summed E-state index contributed by atoms with van der Waals surface area (Å²) in [5.74, 6) is -1.12. The number of aromatic nitrogens is 1. The number of thioether (sulfide) groups is 1. The fourth-order valence-electron chi connectivity index (χ4n) is 3.47. The van der Waals surface area contributed by atoms with Crippen molar-refractivity contribution >= 4 is 58.5 Å². The third-order valence-electron chi connectivity index (χ3n) is 5.43. The van der Waals surface area contributed by atoms with Crippen molar-refractivity contribution in [1.82, 2.24) is 10.3 Å². The van der Waals surface area contributed by atoms with E-state index in [0.29, 0.717) is 27.5 Å². The Labute approximate surface area is 235 Å². The molecule has 9 heteroatoms. The number of rotatable bonds is 9. The van der Waals surface area contributed by atoms with Crippen molar-refractivity contribution in [3.8, 4) is 0 Å². The predicted octanol–water partition coefficient (Wildman–Crippen LogP) is 6.26. The molecule has 0 aliphatic carbocycles. The van der Waals surface area contributed by atoms with E-state index < -0.39 is 17.1 Å². The van der Waals surface area contributed by atoms with Gasteiger partial charge in [0.1, 0.15) is 5.70 Å². The van der Waals surface area contributed by atoms with Crippen LogP contribution in [0.3, 0.4) is 0 Å². The maximum Gasteiger partial charge on any atom is 0.272 e. The predicted molar refractivity (Wildman–Crippen MR) is 157 cm³/mol. The molecule has 7 nitrogen and oxygen atoms in total. The number of pyridine rings is 1. The Kier molecular flexibility index (Phi) is 9.50. The number of amides is 3. The molecule has 0 bridgehead atoms. The van der Waals surface area contributed by atoms with E-state index in [-0.39, 0.29) is 11.6 Å². The maximum absolute atomic E-state index is 13.3. The van der Waals surface area contributed by atoms with Gasteiger partial charge in [0.25, 0.3) is 11.8 Å². The van der Waals surface area contributed by atoms with E-state index >= 15 is 0 Å². The third-order valence-corrected chi connectivity index (χ3v) is 6.85. The second kappa shape index (κ2) is 13.4. The lowest BCUT2D eigenvalue weighted by molar-refractivity contribution is -0.115. The SMILES string of the molecule is CC(Sc1cccc(NC(=O)/C(=C/c2cccnc2)NC(=O)c2ccccc2)c1)C(=O)Nc1ccccc1Cl. The molecule has 3 amide bonds. The molecule has 1 aromatic heterocycles. The van der Waals surface area contributed by atoms with Crippen LogP contribution in [0, 0.1) is 0 Å². The summed E-state index contributed by atoms with van der Waals surface area (Å²) in [7, 11) is 0. The zero-order valence-corrected chi connectivity index (χ0v) is 22.5. The number of hydrogen-bond donors (Lipinski definition) is 3. The number of carbonyl (C=O) groups is 3. The van der Waals surface area contributed by atoms with Crippen LogP contribution in [0.25, 0.3) is 6.08 Å². The smallest absolute Gasteiger partial charge is 0.272 e. The van der Waals surface area contributed by atoms with Crippen LogP contribution in [0.2, 0.25) is 5.02 Å². The van der Waals surface area contributed by atoms with Crippen LogP contribution >= 0.6 is 23.4 Å². The van der Waals surface area contributed by atoms with Gasteiger partial charge in [0, 0.05) is 28.5 Å². The van der Waals surface area contributed by atoms with Crippen LogP contribution < -0.4 is 16.0 Å². The molecule has 4 rings (SSSR count). The van der Waals surface area contributed by atoms with Gasteiger partial charge in [-0.25, -0.2) is 0 Å². The fraction of sp³-hybridized carbons (Fsp3) is 0.0667. The minimum Gasteiger partial charge on any atom is -0.324 e. The van der Waals surface area contributed by atoms with Crippen molar-refractivity contribution < 1.29 is 14.4 Å². The second-order valence-electron chi connectivity index (χ2n) is 8.38. The molecule has 0 saturated heterocycles. The number of anilines is 2. The van der Waals surface area contributed by atoms with E-state index in [9.17, 15) is 14.4 Å². The molecule has 0 radical (unpaired) electrons. The van der Waals surface area contributed by atoms with Gasteiger partial charge in [-0.2, -0.15) is 0 Å². The number of hydrogen-bond acceptors (Lipinski definition) is 5. The Bertz CT molecular complexity index is 1500. The highest BCUT2D eigenvalue weighted by Crippen LogP contribution is 2.28. The molecule has 0 fully saturated rings. The largest absolute Gasteiger partial charge is 0.324 e. The van der Waals surface area contributed by atoms with Gasteiger partial charge in [0.2, 0.25) is 5.91 Å². The van der Waals surface area contributed by atoms with Gasteiger partial charge in [-0.05, 0) is 67.1 Å². The zero-order chi connectivity index (χ0) is 27.6. The summed E-state index contributed by atoms with van der Waals surface area (Å²) in [6.07, 6.45) is 4.77. The summed E-state index contributed by atoms with van der Waals surface area (Å²) < 4.78 is 0. The molecule has 0 spiro atoms. The standard InChI is InChI=1S/C30H25ClN4O3S/c1-20(28(36)34-26-15-6-5-14-25(26)31)39-24-13-7-12-23(18-24)33-30(38)27(17-21-9-8-16-32-19-21)35-29(37)22-10-3-2-4-11-22/h2-20H,1H3,(H,33,38)(H,34,36)(H,35,37)/b27-17-. The Morgan fingerprint density at radius 1 is 0.897 bits per heavy atom. The molecule has 0 aliphatic rings. The fourth-order valence-corrected chi connectivity index (χ4v) is 4.58. The lowest BCUT2D eigenvalue weighted by Crippen LogP contribution is -2.30. The Morgan fingerprint density at radius 3 is 2.41 bits per heavy atom. The average molecular weight is 557 g/mol. The number of nitrogens with zero attached hydrogens (tertiary/aromatic N) is 1. The second-order valence-corrected chi connectivity index (χ2v) is 10.2. The molecule has 3 aromatic carbocycles. The topological polar surface area (TPSA) is 100 Å². The first-order chi connectivity index (χ1) is 18.9. The van der Waals surface area contributed by atoms with Crippen LogP contribution in [0.15, 0.2) is 114 Å². The minimum atomic E-state index is -0.505. The Hall–Kier alpha value is -4.40. The van der Waals surface area contributed by atoms with Crippen molar-refractivity contribution in [3.05, 3.63) is 125 Å². The van der Waals surface area contributed by atoms with Crippen molar-refractivity contribution in [3.63, 3.8) is 0 Å². The first-order valence-electron chi connectivity index (χ1n) is 12.0. The molecular weight excluding hydrogens is 532 g/mol. The van der Waals surface area contributed by atoms with Gasteiger partial charge in [-0.3, -0.25) is 19.4 Å². The van der Waals surface area contributed by atoms with Crippen molar-refractivity contribution in [1.29, 1.82) is 0 Å². The highest BCUT2D eigenvalue weighted by molar-refractivity contribution is 8.00. The first-order valence-corrected chi connectivity index (χ1v) is 13.3. The van der Waals surface area contributed by atoms with Gasteiger partial charge in [0.15, 0.2) is 0 Å². The third kappa shape index (κ3) is 8.04. The first kappa shape index (κ1) is 27.6. The minimum absolute atomic E-state index is 0.0578. The number of carbonyl (C=O) groups excluding carboxylic acids is 3. The summed E-state index contributed by atoms with van der Waals surface area (Å²) in [4.78, 5) is 43.6. The molecule has 1 heterocycles. The van der Waals surface area contributed by atoms with Gasteiger partial charge in [-0.15, -0.1) is 11.8 Å². The van der Waals surface area contributed by atoms with Crippen molar-refractivity contribution in [2.45, 2.75) is 17.1 Å². The molecule has 39 heavy (non-hydrogen) atoms. The lowest BCUT2D eigenvalue weighted by atomic mass is 10.2. The molecule has 3 N–H and O–H groups in total. The lowest BCUT2D eigenvalue weighted by Gasteiger charge is -2.14. The van der Waals surface area contributed by atoms with E-state index in [2.05, 4.69) is 20.9 Å². The number of para-hydroxylation sites is 1. The average Bonchev–Trinajstić information content (AvgIpc) is 2.95. The summed E-state index contributed by atoms with van der Waals surface area (Å²) >= 11 is 7.49. The summed E-state index contributed by atoms with van der Waals surface area (Å²) in [5, 5.41) is 8.40. The Morgan fingerprint density at radius 2 is 1.67 bits per heavy atom. The van der Waals surface area contributed by atoms with E-state index in [1.807, 2.05) is 12.1 Å². The molecule has 1 unspecified atom stereocenters. The maximum atomic E-state index is 13.3. The summed E-state index contributed by atoms with van der Waals surface area (Å²) in [6.45, 7) is 1.79. The van der Waals surface area contributed by atoms with Crippen LogP contribution in [0.1, 0.15) is 22.8 Å². The van der Waals surface area contributed by atoms with Gasteiger partial charge in [0.05, 0.1) is 16.0 Å². The normalized spacial score (nSPS) is 11.8.